The highest BCUT2D eigenvalue weighted by Crippen LogP contribution is 2.19. The van der Waals surface area contributed by atoms with Gasteiger partial charge in [-0.15, -0.1) is 0 Å². The fraction of sp³-hybridized carbons (Fsp3) is 0.571. The Morgan fingerprint density at radius 1 is 1.24 bits per heavy atom. The molecular weight excluding hydrogens is 214 g/mol. The second-order valence-electron chi connectivity index (χ2n) is 4.91. The Balaban J connectivity index is 2.77. The Morgan fingerprint density at radius 3 is 2.35 bits per heavy atom. The second kappa shape index (κ2) is 6.03. The number of rotatable bonds is 5. The molecule has 2 unspecified atom stereocenters. The monoisotopic (exact) mass is 237 g/mol. The van der Waals surface area contributed by atoms with Crippen LogP contribution in [0.4, 0.5) is 0 Å². The molecule has 2 atom stereocenters. The lowest BCUT2D eigenvalue weighted by atomic mass is 10.00. The molecular formula is C14H23NO2. The molecule has 0 heterocycles. The molecule has 96 valence electrons. The Kier molecular flexibility index (Phi) is 4.97. The highest BCUT2D eigenvalue weighted by atomic mass is 16.5. The number of hydrogen-bond donors (Lipinski definition) is 2. The lowest BCUT2D eigenvalue weighted by molar-refractivity contribution is 0.0810. The van der Waals surface area contributed by atoms with Gasteiger partial charge in [-0.3, -0.25) is 0 Å². The summed E-state index contributed by atoms with van der Waals surface area (Å²) in [4.78, 5) is 0. The molecule has 0 spiro atoms. The van der Waals surface area contributed by atoms with Crippen molar-refractivity contribution in [2.24, 2.45) is 11.7 Å². The fourth-order valence-electron chi connectivity index (χ4n) is 1.63. The van der Waals surface area contributed by atoms with E-state index in [0.29, 0.717) is 0 Å². The molecule has 1 aromatic rings. The summed E-state index contributed by atoms with van der Waals surface area (Å²) in [7, 11) is 0. The zero-order valence-electron chi connectivity index (χ0n) is 11.1. The van der Waals surface area contributed by atoms with Gasteiger partial charge in [-0.2, -0.15) is 0 Å². The predicted octanol–water partition coefficient (Wildman–Crippen LogP) is 2.03. The summed E-state index contributed by atoms with van der Waals surface area (Å²) in [6.07, 6.45) is -0.350. The molecule has 0 aliphatic rings. The van der Waals surface area contributed by atoms with Gasteiger partial charge in [-0.05, 0) is 43.0 Å². The summed E-state index contributed by atoms with van der Waals surface area (Å²) in [6, 6.07) is 5.74. The second-order valence-corrected chi connectivity index (χ2v) is 4.91. The molecule has 3 heteroatoms. The van der Waals surface area contributed by atoms with Gasteiger partial charge in [0.2, 0.25) is 0 Å². The first-order chi connectivity index (χ1) is 7.95. The summed E-state index contributed by atoms with van der Waals surface area (Å²) >= 11 is 0. The van der Waals surface area contributed by atoms with Gasteiger partial charge in [-0.25, -0.2) is 0 Å². The van der Waals surface area contributed by atoms with Gasteiger partial charge in [0.15, 0.2) is 0 Å². The van der Waals surface area contributed by atoms with Gasteiger partial charge in [0.05, 0.1) is 6.61 Å². The maximum atomic E-state index is 9.33. The van der Waals surface area contributed by atoms with Crippen molar-refractivity contribution in [2.75, 3.05) is 6.61 Å². The normalized spacial score (nSPS) is 14.8. The summed E-state index contributed by atoms with van der Waals surface area (Å²) in [6.45, 7) is 8.08. The Morgan fingerprint density at radius 2 is 1.88 bits per heavy atom. The molecule has 0 amide bonds. The third kappa shape index (κ3) is 3.72. The van der Waals surface area contributed by atoms with E-state index in [9.17, 15) is 5.11 Å². The smallest absolute Gasteiger partial charge is 0.137 e. The van der Waals surface area contributed by atoms with E-state index < -0.39 is 0 Å². The van der Waals surface area contributed by atoms with E-state index in [0.717, 1.165) is 5.75 Å². The lowest BCUT2D eigenvalue weighted by Crippen LogP contribution is -2.45. The van der Waals surface area contributed by atoms with Gasteiger partial charge in [0.25, 0.3) is 0 Å². The predicted molar refractivity (Wildman–Crippen MR) is 70.2 cm³/mol. The van der Waals surface area contributed by atoms with Crippen LogP contribution in [0.3, 0.4) is 0 Å². The molecule has 0 aliphatic heterocycles. The number of aliphatic hydroxyl groups excluding tert-OH is 1. The van der Waals surface area contributed by atoms with Crippen molar-refractivity contribution in [3.05, 3.63) is 29.3 Å². The van der Waals surface area contributed by atoms with Crippen LogP contribution >= 0.6 is 0 Å². The first-order valence-electron chi connectivity index (χ1n) is 6.06. The minimum atomic E-state index is -0.350. The molecule has 0 saturated carbocycles. The third-order valence-electron chi connectivity index (χ3n) is 3.14. The van der Waals surface area contributed by atoms with E-state index in [4.69, 9.17) is 10.5 Å². The minimum absolute atomic E-state index is 0.0632. The molecule has 0 bridgehead atoms. The van der Waals surface area contributed by atoms with Crippen LogP contribution in [0.5, 0.6) is 5.75 Å². The largest absolute Gasteiger partial charge is 0.486 e. The molecule has 1 aromatic carbocycles. The zero-order chi connectivity index (χ0) is 13.0. The third-order valence-corrected chi connectivity index (χ3v) is 3.14. The quantitative estimate of drug-likeness (QED) is 0.824. The van der Waals surface area contributed by atoms with Crippen LogP contribution in [0.2, 0.25) is 0 Å². The summed E-state index contributed by atoms with van der Waals surface area (Å²) in [5.41, 5.74) is 8.41. The summed E-state index contributed by atoms with van der Waals surface area (Å²) in [5, 5.41) is 9.33. The minimum Gasteiger partial charge on any atom is -0.486 e. The average molecular weight is 237 g/mol. The molecule has 3 N–H and O–H groups in total. The lowest BCUT2D eigenvalue weighted by Gasteiger charge is -2.26. The van der Waals surface area contributed by atoms with Gasteiger partial charge >= 0.3 is 0 Å². The number of benzene rings is 1. The summed E-state index contributed by atoms with van der Waals surface area (Å²) in [5.74, 6) is 1.04. The first-order valence-corrected chi connectivity index (χ1v) is 6.06. The molecule has 0 radical (unpaired) electrons. The topological polar surface area (TPSA) is 55.5 Å². The van der Waals surface area contributed by atoms with Crippen molar-refractivity contribution in [1.29, 1.82) is 0 Å². The van der Waals surface area contributed by atoms with Crippen molar-refractivity contribution < 1.29 is 9.84 Å². The highest BCUT2D eigenvalue weighted by Gasteiger charge is 2.21. The van der Waals surface area contributed by atoms with Gasteiger partial charge < -0.3 is 15.6 Å². The SMILES string of the molecule is Cc1ccc(OC(CO)C(N)C(C)C)cc1C. The van der Waals surface area contributed by atoms with Gasteiger partial charge in [-0.1, -0.05) is 19.9 Å². The van der Waals surface area contributed by atoms with E-state index in [1.165, 1.54) is 11.1 Å². The fourth-order valence-corrected chi connectivity index (χ4v) is 1.63. The Bertz CT molecular complexity index is 363. The van der Waals surface area contributed by atoms with Crippen LogP contribution in [-0.2, 0) is 0 Å². The van der Waals surface area contributed by atoms with Crippen LogP contribution in [-0.4, -0.2) is 23.9 Å². The number of aryl methyl sites for hydroxylation is 2. The molecule has 0 saturated heterocycles. The van der Waals surface area contributed by atoms with Crippen molar-refractivity contribution in [3.8, 4) is 5.75 Å². The molecule has 0 aliphatic carbocycles. The van der Waals surface area contributed by atoms with E-state index in [1.54, 1.807) is 0 Å². The number of aliphatic hydroxyl groups is 1. The molecule has 0 aromatic heterocycles. The van der Waals surface area contributed by atoms with E-state index in [1.807, 2.05) is 39.0 Å². The molecule has 17 heavy (non-hydrogen) atoms. The molecule has 0 fully saturated rings. The van der Waals surface area contributed by atoms with Crippen molar-refractivity contribution in [2.45, 2.75) is 39.8 Å². The van der Waals surface area contributed by atoms with E-state index in [-0.39, 0.29) is 24.7 Å². The highest BCUT2D eigenvalue weighted by molar-refractivity contribution is 5.34. The van der Waals surface area contributed by atoms with Crippen LogP contribution in [0.25, 0.3) is 0 Å². The molecule has 3 nitrogen and oxygen atoms in total. The van der Waals surface area contributed by atoms with Crippen molar-refractivity contribution >= 4 is 0 Å². The van der Waals surface area contributed by atoms with E-state index in [2.05, 4.69) is 6.92 Å². The standard InChI is InChI=1S/C14H23NO2/c1-9(2)14(15)13(8-16)17-12-6-5-10(3)11(4)7-12/h5-7,9,13-14,16H,8,15H2,1-4H3. The van der Waals surface area contributed by atoms with Crippen LogP contribution < -0.4 is 10.5 Å². The molecule has 1 rings (SSSR count). The van der Waals surface area contributed by atoms with E-state index >= 15 is 0 Å². The van der Waals surface area contributed by atoms with Crippen molar-refractivity contribution in [3.63, 3.8) is 0 Å². The van der Waals surface area contributed by atoms with Crippen LogP contribution in [0.15, 0.2) is 18.2 Å². The first kappa shape index (κ1) is 14.0. The average Bonchev–Trinajstić information content (AvgIpc) is 2.29. The van der Waals surface area contributed by atoms with Crippen molar-refractivity contribution in [1.82, 2.24) is 0 Å². The maximum absolute atomic E-state index is 9.33. The van der Waals surface area contributed by atoms with Gasteiger partial charge in [0.1, 0.15) is 11.9 Å². The summed E-state index contributed by atoms with van der Waals surface area (Å²) < 4.78 is 5.75. The van der Waals surface area contributed by atoms with Crippen LogP contribution in [0, 0.1) is 19.8 Å². The number of nitrogens with two attached hydrogens (primary N) is 1. The maximum Gasteiger partial charge on any atom is 0.137 e. The zero-order valence-corrected chi connectivity index (χ0v) is 11.1. The number of hydrogen-bond acceptors (Lipinski definition) is 3. The van der Waals surface area contributed by atoms with Gasteiger partial charge in [0, 0.05) is 6.04 Å². The Labute approximate surface area is 104 Å². The van der Waals surface area contributed by atoms with Crippen LogP contribution in [0.1, 0.15) is 25.0 Å². The Hall–Kier alpha value is -1.06. The number of ether oxygens (including phenoxy) is 1.